The number of hydrogen-bond donors (Lipinski definition) is 2. The number of aliphatic carboxylic acids is 1. The van der Waals surface area contributed by atoms with Crippen molar-refractivity contribution in [3.05, 3.63) is 23.8 Å². The van der Waals surface area contributed by atoms with Gasteiger partial charge in [0.15, 0.2) is 0 Å². The molecule has 10 heteroatoms. The fraction of sp³-hybridized carbons (Fsp3) is 0.500. The predicted molar refractivity (Wildman–Crippen MR) is 105 cm³/mol. The Morgan fingerprint density at radius 3 is 2.50 bits per heavy atom. The molecule has 2 amide bonds. The van der Waals surface area contributed by atoms with Crippen LogP contribution in [0.5, 0.6) is 11.5 Å². The van der Waals surface area contributed by atoms with E-state index in [2.05, 4.69) is 5.32 Å². The maximum Gasteiger partial charge on any atom is 0.327 e. The summed E-state index contributed by atoms with van der Waals surface area (Å²) in [7, 11) is 2.90. The fourth-order valence-electron chi connectivity index (χ4n) is 4.08. The third-order valence-corrected chi connectivity index (χ3v) is 8.58. The number of carbonyl (C=O) groups excluding carboxylic acids is 2. The fourth-order valence-corrected chi connectivity index (χ4v) is 7.74. The number of rotatable bonds is 5. The number of methoxy groups -OCH3 is 2. The number of β-lactam (4-membered cyclic amide) rings is 1. The van der Waals surface area contributed by atoms with E-state index in [-0.39, 0.29) is 16.8 Å². The summed E-state index contributed by atoms with van der Waals surface area (Å²) >= 11 is 3.21. The van der Waals surface area contributed by atoms with Crippen molar-refractivity contribution in [2.45, 2.75) is 28.6 Å². The third kappa shape index (κ3) is 2.73. The lowest BCUT2D eigenvalue weighted by molar-refractivity contribution is -0.160. The third-order valence-electron chi connectivity index (χ3n) is 5.40. The van der Waals surface area contributed by atoms with E-state index in [4.69, 9.17) is 9.47 Å². The van der Waals surface area contributed by atoms with E-state index >= 15 is 0 Å². The Kier molecular flexibility index (Phi) is 4.86. The van der Waals surface area contributed by atoms with E-state index in [9.17, 15) is 19.5 Å². The number of thioether (sulfide) groups is 2. The molecule has 0 aliphatic carbocycles. The summed E-state index contributed by atoms with van der Waals surface area (Å²) < 4.78 is 10.0. The van der Waals surface area contributed by atoms with Crippen LogP contribution in [-0.4, -0.2) is 75.7 Å². The van der Waals surface area contributed by atoms with E-state index in [1.54, 1.807) is 30.0 Å². The van der Waals surface area contributed by atoms with Gasteiger partial charge in [0, 0.05) is 5.75 Å². The van der Waals surface area contributed by atoms with Gasteiger partial charge in [-0.2, -0.15) is 11.8 Å². The van der Waals surface area contributed by atoms with Crippen LogP contribution in [0.3, 0.4) is 0 Å². The van der Waals surface area contributed by atoms with Crippen molar-refractivity contribution < 1.29 is 29.0 Å². The Balaban J connectivity index is 1.58. The number of carbonyl (C=O) groups is 3. The minimum atomic E-state index is -0.984. The van der Waals surface area contributed by atoms with Crippen molar-refractivity contribution in [1.82, 2.24) is 10.2 Å². The molecule has 3 unspecified atom stereocenters. The predicted octanol–water partition coefficient (Wildman–Crippen LogP) is 1.05. The highest BCUT2D eigenvalue weighted by atomic mass is 32.2. The first-order valence-electron chi connectivity index (χ1n) is 8.76. The average molecular weight is 425 g/mol. The van der Waals surface area contributed by atoms with Crippen molar-refractivity contribution >= 4 is 41.3 Å². The maximum atomic E-state index is 12.9. The monoisotopic (exact) mass is 424 g/mol. The highest BCUT2D eigenvalue weighted by Gasteiger charge is 2.67. The van der Waals surface area contributed by atoms with E-state index in [1.807, 2.05) is 0 Å². The van der Waals surface area contributed by atoms with Crippen molar-refractivity contribution in [2.75, 3.05) is 25.7 Å². The number of hydrogen-bond acceptors (Lipinski definition) is 7. The lowest BCUT2D eigenvalue weighted by Crippen LogP contribution is -2.70. The molecule has 3 fully saturated rings. The number of nitrogens with one attached hydrogen (secondary N) is 1. The van der Waals surface area contributed by atoms with Crippen LogP contribution in [-0.2, 0) is 9.59 Å². The zero-order chi connectivity index (χ0) is 20.1. The van der Waals surface area contributed by atoms with E-state index in [0.29, 0.717) is 17.3 Å². The molecule has 1 aromatic rings. The van der Waals surface area contributed by atoms with Gasteiger partial charge in [0.25, 0.3) is 5.91 Å². The Bertz CT molecular complexity index is 819. The summed E-state index contributed by atoms with van der Waals surface area (Å²) in [4.78, 5) is 38.9. The second kappa shape index (κ2) is 7.07. The molecule has 8 nitrogen and oxygen atoms in total. The topological polar surface area (TPSA) is 105 Å². The molecular formula is C18H20N2O6S2. The number of benzene rings is 1. The van der Waals surface area contributed by atoms with Crippen LogP contribution >= 0.6 is 23.5 Å². The van der Waals surface area contributed by atoms with Gasteiger partial charge >= 0.3 is 5.97 Å². The molecule has 4 rings (SSSR count). The van der Waals surface area contributed by atoms with E-state index in [0.717, 1.165) is 12.2 Å². The quantitative estimate of drug-likeness (QED) is 0.676. The summed E-state index contributed by atoms with van der Waals surface area (Å²) in [5.74, 6) is 0.416. The number of fused-ring (bicyclic) bond motifs is 1. The molecule has 28 heavy (non-hydrogen) atoms. The van der Waals surface area contributed by atoms with Gasteiger partial charge in [0.05, 0.1) is 19.0 Å². The van der Waals surface area contributed by atoms with Crippen molar-refractivity contribution in [3.63, 3.8) is 0 Å². The van der Waals surface area contributed by atoms with Crippen LogP contribution in [0.15, 0.2) is 18.2 Å². The Morgan fingerprint density at radius 1 is 1.29 bits per heavy atom. The van der Waals surface area contributed by atoms with Gasteiger partial charge in [-0.1, -0.05) is 6.07 Å². The lowest BCUT2D eigenvalue weighted by atomic mass is 9.92. The van der Waals surface area contributed by atoms with Crippen molar-refractivity contribution in [3.8, 4) is 11.5 Å². The van der Waals surface area contributed by atoms with Gasteiger partial charge in [-0.25, -0.2) is 4.79 Å². The summed E-state index contributed by atoms with van der Waals surface area (Å²) in [5.41, 5.74) is 0.211. The largest absolute Gasteiger partial charge is 0.496 e. The smallest absolute Gasteiger partial charge is 0.327 e. The molecule has 3 saturated heterocycles. The molecule has 3 aliphatic heterocycles. The second-order valence-corrected chi connectivity index (χ2v) is 9.49. The normalized spacial score (nSPS) is 30.7. The molecule has 3 aliphatic rings. The van der Waals surface area contributed by atoms with Crippen LogP contribution in [0, 0.1) is 0 Å². The average Bonchev–Trinajstić information content (AvgIpc) is 3.28. The first-order chi connectivity index (χ1) is 13.4. The molecule has 3 heterocycles. The molecule has 0 aromatic heterocycles. The lowest BCUT2D eigenvalue weighted by Gasteiger charge is -2.43. The number of amides is 2. The molecule has 150 valence electrons. The summed E-state index contributed by atoms with van der Waals surface area (Å²) in [6.45, 7) is 0. The van der Waals surface area contributed by atoms with E-state index in [1.165, 1.54) is 30.9 Å². The first-order valence-corrected chi connectivity index (χ1v) is 10.8. The molecule has 1 aromatic carbocycles. The summed E-state index contributed by atoms with van der Waals surface area (Å²) in [6.07, 6.45) is 0.737. The van der Waals surface area contributed by atoms with Gasteiger partial charge in [-0.15, -0.1) is 11.8 Å². The molecule has 0 radical (unpaired) electrons. The van der Waals surface area contributed by atoms with Crippen LogP contribution in [0.2, 0.25) is 0 Å². The van der Waals surface area contributed by atoms with Gasteiger partial charge in [-0.05, 0) is 24.3 Å². The molecule has 0 bridgehead atoms. The van der Waals surface area contributed by atoms with Crippen LogP contribution in [0.1, 0.15) is 16.8 Å². The van der Waals surface area contributed by atoms with Gasteiger partial charge in [0.1, 0.15) is 34.5 Å². The number of carboxylic acids is 1. The van der Waals surface area contributed by atoms with Crippen LogP contribution in [0.4, 0.5) is 0 Å². The minimum Gasteiger partial charge on any atom is -0.496 e. The van der Waals surface area contributed by atoms with Crippen LogP contribution in [0.25, 0.3) is 0 Å². The molecule has 0 saturated carbocycles. The van der Waals surface area contributed by atoms with E-state index < -0.39 is 28.7 Å². The molecule has 1 spiro atoms. The Morgan fingerprint density at radius 2 is 1.96 bits per heavy atom. The minimum absolute atomic E-state index is 0.211. The Labute approximate surface area is 170 Å². The molecule has 2 N–H and O–H groups in total. The Hall–Kier alpha value is -2.07. The summed E-state index contributed by atoms with van der Waals surface area (Å²) in [5, 5.41) is 12.1. The number of carboxylic acid groups (broad SMARTS) is 1. The van der Waals surface area contributed by atoms with Gasteiger partial charge in [-0.3, -0.25) is 9.59 Å². The zero-order valence-electron chi connectivity index (χ0n) is 15.3. The molecule has 4 atom stereocenters. The van der Waals surface area contributed by atoms with Gasteiger partial charge in [0.2, 0.25) is 5.91 Å². The first kappa shape index (κ1) is 19.3. The standard InChI is InChI=1S/C18H20N2O6S2/c1-25-9-4-3-5-10(26-2)11(9)14(21)19-12-15(22)20-13(17(23)24)18(28-16(12)20)6-7-27-8-18/h3-5,12-13,16H,6-8H2,1-2H3,(H,19,21)(H,23,24)/t12?,13?,16-,18?/m0/s1. The second-order valence-electron chi connectivity index (χ2n) is 6.85. The number of ether oxygens (including phenoxy) is 2. The molecular weight excluding hydrogens is 404 g/mol. The van der Waals surface area contributed by atoms with Crippen molar-refractivity contribution in [1.29, 1.82) is 0 Å². The summed E-state index contributed by atoms with van der Waals surface area (Å²) in [6, 6.07) is 3.37. The highest BCUT2D eigenvalue weighted by Crippen LogP contribution is 2.56. The number of nitrogens with zero attached hydrogens (tertiary/aromatic N) is 1. The maximum absolute atomic E-state index is 12.9. The highest BCUT2D eigenvalue weighted by molar-refractivity contribution is 8.05. The van der Waals surface area contributed by atoms with Crippen LogP contribution < -0.4 is 14.8 Å². The van der Waals surface area contributed by atoms with Crippen molar-refractivity contribution in [2.24, 2.45) is 0 Å². The van der Waals surface area contributed by atoms with Gasteiger partial charge < -0.3 is 24.8 Å². The SMILES string of the molecule is COc1cccc(OC)c1C(=O)NC1C(=O)N2C(C(=O)O)C3(CCSC3)S[C@@H]12. The zero-order valence-corrected chi connectivity index (χ0v) is 17.0.